The summed E-state index contributed by atoms with van der Waals surface area (Å²) in [6.07, 6.45) is 2.92. The molecular formula is C15H18FNO. The van der Waals surface area contributed by atoms with Crippen LogP contribution in [0.15, 0.2) is 18.2 Å². The second-order valence-corrected chi connectivity index (χ2v) is 5.67. The molecule has 96 valence electrons. The Morgan fingerprint density at radius 3 is 3.00 bits per heavy atom. The summed E-state index contributed by atoms with van der Waals surface area (Å²) >= 11 is 0. The lowest BCUT2D eigenvalue weighted by molar-refractivity contribution is 0.0888. The third kappa shape index (κ3) is 1.97. The van der Waals surface area contributed by atoms with Gasteiger partial charge in [0.05, 0.1) is 0 Å². The summed E-state index contributed by atoms with van der Waals surface area (Å²) in [7, 11) is 0. The summed E-state index contributed by atoms with van der Waals surface area (Å²) in [4.78, 5) is 12.4. The van der Waals surface area contributed by atoms with Gasteiger partial charge in [0, 0.05) is 17.5 Å². The van der Waals surface area contributed by atoms with E-state index in [1.165, 1.54) is 18.6 Å². The van der Waals surface area contributed by atoms with Gasteiger partial charge in [0.25, 0.3) is 0 Å². The molecule has 1 N–H and O–H groups in total. The largest absolute Gasteiger partial charge is 0.313 e. The van der Waals surface area contributed by atoms with Crippen LogP contribution >= 0.6 is 0 Å². The van der Waals surface area contributed by atoms with Crippen molar-refractivity contribution in [1.82, 2.24) is 5.32 Å². The van der Waals surface area contributed by atoms with Gasteiger partial charge in [0.1, 0.15) is 5.82 Å². The molecule has 1 heterocycles. The van der Waals surface area contributed by atoms with Gasteiger partial charge in [-0.3, -0.25) is 4.79 Å². The van der Waals surface area contributed by atoms with E-state index in [9.17, 15) is 9.18 Å². The number of ketones is 1. The minimum atomic E-state index is -0.243. The Bertz CT molecular complexity index is 485. The molecule has 3 atom stereocenters. The molecule has 1 fully saturated rings. The van der Waals surface area contributed by atoms with Gasteiger partial charge in [-0.15, -0.1) is 0 Å². The third-order valence-electron chi connectivity index (χ3n) is 4.30. The number of Topliss-reactive ketones (excluding diaryl/α,β-unsaturated/α-hetero) is 1. The topological polar surface area (TPSA) is 29.1 Å². The highest BCUT2D eigenvalue weighted by atomic mass is 19.1. The predicted molar refractivity (Wildman–Crippen MR) is 68.1 cm³/mol. The zero-order valence-electron chi connectivity index (χ0n) is 10.6. The van der Waals surface area contributed by atoms with Crippen molar-refractivity contribution in [2.45, 2.75) is 32.2 Å². The van der Waals surface area contributed by atoms with E-state index in [0.717, 1.165) is 24.1 Å². The summed E-state index contributed by atoms with van der Waals surface area (Å²) in [5, 5.41) is 3.46. The van der Waals surface area contributed by atoms with Crippen LogP contribution in [0.3, 0.4) is 0 Å². The Hall–Kier alpha value is -1.22. The molecule has 0 saturated carbocycles. The van der Waals surface area contributed by atoms with E-state index < -0.39 is 0 Å². The fourth-order valence-corrected chi connectivity index (χ4v) is 3.28. The molecule has 3 rings (SSSR count). The third-order valence-corrected chi connectivity index (χ3v) is 4.30. The average Bonchev–Trinajstić information content (AvgIpc) is 2.66. The van der Waals surface area contributed by atoms with Crippen LogP contribution in [0, 0.1) is 17.7 Å². The molecular weight excluding hydrogens is 229 g/mol. The van der Waals surface area contributed by atoms with Crippen LogP contribution in [0.1, 0.15) is 35.7 Å². The van der Waals surface area contributed by atoms with Crippen molar-refractivity contribution in [2.75, 3.05) is 6.54 Å². The molecule has 0 bridgehead atoms. The second kappa shape index (κ2) is 4.47. The second-order valence-electron chi connectivity index (χ2n) is 5.67. The van der Waals surface area contributed by atoms with Gasteiger partial charge in [-0.05, 0) is 55.5 Å². The Morgan fingerprint density at radius 1 is 1.39 bits per heavy atom. The highest BCUT2D eigenvalue weighted by Crippen LogP contribution is 2.33. The maximum atomic E-state index is 13.2. The summed E-state index contributed by atoms with van der Waals surface area (Å²) in [5.41, 5.74) is 1.60. The van der Waals surface area contributed by atoms with Crippen molar-refractivity contribution in [2.24, 2.45) is 11.8 Å². The van der Waals surface area contributed by atoms with Crippen molar-refractivity contribution in [3.63, 3.8) is 0 Å². The number of nitrogens with one attached hydrogen (secondary N) is 1. The lowest BCUT2D eigenvalue weighted by Gasteiger charge is -2.31. The van der Waals surface area contributed by atoms with E-state index in [1.807, 2.05) is 0 Å². The summed E-state index contributed by atoms with van der Waals surface area (Å²) < 4.78 is 13.2. The number of piperidine rings is 1. The van der Waals surface area contributed by atoms with E-state index in [2.05, 4.69) is 12.2 Å². The number of carbonyl (C=O) groups excluding carboxylic acids is 1. The Balaban J connectivity index is 1.83. The number of hydrogen-bond donors (Lipinski definition) is 1. The molecule has 1 aromatic rings. The lowest BCUT2D eigenvalue weighted by Crippen LogP contribution is -2.44. The fraction of sp³-hybridized carbons (Fsp3) is 0.533. The molecule has 2 nitrogen and oxygen atoms in total. The van der Waals surface area contributed by atoms with Gasteiger partial charge in [0.15, 0.2) is 5.78 Å². The van der Waals surface area contributed by atoms with Crippen LogP contribution in [0.5, 0.6) is 0 Å². The number of carbonyl (C=O) groups is 1. The van der Waals surface area contributed by atoms with Crippen molar-refractivity contribution in [3.05, 3.63) is 35.1 Å². The number of fused-ring (bicyclic) bond motifs is 1. The van der Waals surface area contributed by atoms with E-state index >= 15 is 0 Å². The molecule has 1 aromatic carbocycles. The van der Waals surface area contributed by atoms with Gasteiger partial charge < -0.3 is 5.32 Å². The number of rotatable bonds is 1. The first kappa shape index (κ1) is 11.8. The summed E-state index contributed by atoms with van der Waals surface area (Å²) in [6.45, 7) is 3.22. The monoisotopic (exact) mass is 247 g/mol. The normalized spacial score (nSPS) is 31.4. The minimum Gasteiger partial charge on any atom is -0.313 e. The highest BCUT2D eigenvalue weighted by molar-refractivity contribution is 6.02. The molecule has 0 amide bonds. The van der Waals surface area contributed by atoms with Gasteiger partial charge in [-0.1, -0.05) is 6.92 Å². The van der Waals surface area contributed by atoms with E-state index in [0.29, 0.717) is 12.3 Å². The molecule has 0 radical (unpaired) electrons. The molecule has 1 saturated heterocycles. The summed E-state index contributed by atoms with van der Waals surface area (Å²) in [5.74, 6) is 0.623. The molecule has 1 aliphatic heterocycles. The first-order chi connectivity index (χ1) is 8.65. The Labute approximate surface area is 107 Å². The Morgan fingerprint density at radius 2 is 2.22 bits per heavy atom. The van der Waals surface area contributed by atoms with Crippen LogP contribution in [-0.4, -0.2) is 18.4 Å². The van der Waals surface area contributed by atoms with Gasteiger partial charge >= 0.3 is 0 Å². The van der Waals surface area contributed by atoms with Crippen molar-refractivity contribution in [1.29, 1.82) is 0 Å². The standard InChI is InChI=1S/C15H18FNO/c1-9-4-5-17-14(6-9)13-8-10-7-11(16)2-3-12(10)15(13)18/h2-3,7,9,13-14,17H,4-6,8H2,1H3. The average molecular weight is 247 g/mol. The molecule has 2 aliphatic rings. The van der Waals surface area contributed by atoms with Crippen molar-refractivity contribution < 1.29 is 9.18 Å². The van der Waals surface area contributed by atoms with Crippen molar-refractivity contribution in [3.8, 4) is 0 Å². The number of halogens is 1. The quantitative estimate of drug-likeness (QED) is 0.826. The van der Waals surface area contributed by atoms with Crippen LogP contribution in [0.25, 0.3) is 0 Å². The van der Waals surface area contributed by atoms with E-state index in [-0.39, 0.29) is 23.6 Å². The number of benzene rings is 1. The fourth-order valence-electron chi connectivity index (χ4n) is 3.28. The maximum absolute atomic E-state index is 13.2. The van der Waals surface area contributed by atoms with Gasteiger partial charge in [-0.2, -0.15) is 0 Å². The summed E-state index contributed by atoms with van der Waals surface area (Å²) in [6, 6.07) is 4.80. The van der Waals surface area contributed by atoms with Crippen molar-refractivity contribution >= 4 is 5.78 Å². The van der Waals surface area contributed by atoms with E-state index in [1.54, 1.807) is 6.07 Å². The maximum Gasteiger partial charge on any atom is 0.168 e. The van der Waals surface area contributed by atoms with Crippen LogP contribution in [0.2, 0.25) is 0 Å². The molecule has 0 spiro atoms. The first-order valence-corrected chi connectivity index (χ1v) is 6.71. The predicted octanol–water partition coefficient (Wildman–Crippen LogP) is 2.57. The van der Waals surface area contributed by atoms with Gasteiger partial charge in [-0.25, -0.2) is 4.39 Å². The molecule has 18 heavy (non-hydrogen) atoms. The minimum absolute atomic E-state index is 0.00421. The molecule has 3 unspecified atom stereocenters. The van der Waals surface area contributed by atoms with Gasteiger partial charge in [0.2, 0.25) is 0 Å². The smallest absolute Gasteiger partial charge is 0.168 e. The molecule has 1 aliphatic carbocycles. The zero-order chi connectivity index (χ0) is 12.7. The van der Waals surface area contributed by atoms with Crippen LogP contribution in [-0.2, 0) is 6.42 Å². The van der Waals surface area contributed by atoms with Crippen LogP contribution in [0.4, 0.5) is 4.39 Å². The van der Waals surface area contributed by atoms with E-state index in [4.69, 9.17) is 0 Å². The highest BCUT2D eigenvalue weighted by Gasteiger charge is 2.37. The lowest BCUT2D eigenvalue weighted by atomic mass is 9.84. The van der Waals surface area contributed by atoms with Crippen LogP contribution < -0.4 is 5.32 Å². The molecule has 3 heteroatoms. The SMILES string of the molecule is CC1CCNC(C2Cc3cc(F)ccc3C2=O)C1. The Kier molecular flexibility index (Phi) is 2.94. The molecule has 0 aromatic heterocycles. The first-order valence-electron chi connectivity index (χ1n) is 6.71. The number of hydrogen-bond acceptors (Lipinski definition) is 2. The zero-order valence-corrected chi connectivity index (χ0v) is 10.6.